The Kier molecular flexibility index (Phi) is 8.08. The van der Waals surface area contributed by atoms with Crippen molar-refractivity contribution in [2.45, 2.75) is 32.2 Å². The van der Waals surface area contributed by atoms with E-state index in [1.165, 1.54) is 0 Å². The van der Waals surface area contributed by atoms with E-state index in [2.05, 4.69) is 15.4 Å². The van der Waals surface area contributed by atoms with Crippen molar-refractivity contribution in [1.29, 1.82) is 0 Å². The first-order valence-electron chi connectivity index (χ1n) is 5.95. The number of carboxylic acid groups (broad SMARTS) is 1. The smallest absolute Gasteiger partial charge is 0.315 e. The molecule has 0 bridgehead atoms. The van der Waals surface area contributed by atoms with Crippen molar-refractivity contribution in [3.63, 3.8) is 0 Å². The predicted molar refractivity (Wildman–Crippen MR) is 70.3 cm³/mol. The Morgan fingerprint density at radius 1 is 1.26 bits per heavy atom. The Labute approximate surface area is 113 Å². The quantitative estimate of drug-likeness (QED) is 0.426. The largest absolute Gasteiger partial charge is 0.481 e. The Bertz CT molecular complexity index is 396. The van der Waals surface area contributed by atoms with Crippen LogP contribution in [0.15, 0.2) is 0 Å². The summed E-state index contributed by atoms with van der Waals surface area (Å²) in [6.45, 7) is 2.11. The summed E-state index contributed by atoms with van der Waals surface area (Å²) in [5, 5.41) is 13.7. The number of amides is 2. The van der Waals surface area contributed by atoms with E-state index < -0.39 is 28.1 Å². The van der Waals surface area contributed by atoms with E-state index in [0.717, 1.165) is 12.7 Å². The highest BCUT2D eigenvalue weighted by molar-refractivity contribution is 7.88. The molecule has 0 aromatic carbocycles. The average molecular weight is 295 g/mol. The average Bonchev–Trinajstić information content (AvgIpc) is 2.22. The number of aliphatic carboxylic acids is 1. The van der Waals surface area contributed by atoms with Crippen molar-refractivity contribution in [1.82, 2.24) is 15.4 Å². The van der Waals surface area contributed by atoms with Crippen molar-refractivity contribution in [2.24, 2.45) is 0 Å². The van der Waals surface area contributed by atoms with Gasteiger partial charge in [-0.2, -0.15) is 0 Å². The first-order chi connectivity index (χ1) is 8.74. The Balaban J connectivity index is 3.96. The molecule has 0 aromatic rings. The van der Waals surface area contributed by atoms with Crippen LogP contribution < -0.4 is 15.4 Å². The minimum atomic E-state index is -3.27. The lowest BCUT2D eigenvalue weighted by atomic mass is 10.1. The Morgan fingerprint density at radius 2 is 1.89 bits per heavy atom. The first kappa shape index (κ1) is 17.6. The molecule has 0 saturated carbocycles. The van der Waals surface area contributed by atoms with Crippen molar-refractivity contribution in [3.8, 4) is 0 Å². The molecule has 0 rings (SSSR count). The minimum absolute atomic E-state index is 0.0869. The van der Waals surface area contributed by atoms with Gasteiger partial charge in [0, 0.05) is 19.1 Å². The molecule has 2 amide bonds. The summed E-state index contributed by atoms with van der Waals surface area (Å²) in [5.74, 6) is -0.975. The molecule has 8 nitrogen and oxygen atoms in total. The van der Waals surface area contributed by atoms with Gasteiger partial charge in [0.1, 0.15) is 0 Å². The van der Waals surface area contributed by atoms with E-state index in [9.17, 15) is 18.0 Å². The lowest BCUT2D eigenvalue weighted by Gasteiger charge is -2.16. The predicted octanol–water partition coefficient (Wildman–Crippen LogP) is -0.522. The number of carbonyl (C=O) groups is 2. The van der Waals surface area contributed by atoms with Gasteiger partial charge in [0.25, 0.3) is 0 Å². The topological polar surface area (TPSA) is 125 Å². The van der Waals surface area contributed by atoms with Crippen LogP contribution in [0.3, 0.4) is 0 Å². The maximum Gasteiger partial charge on any atom is 0.315 e. The maximum absolute atomic E-state index is 11.4. The molecule has 0 aliphatic rings. The molecule has 0 aromatic heterocycles. The van der Waals surface area contributed by atoms with Gasteiger partial charge in [-0.3, -0.25) is 4.79 Å². The van der Waals surface area contributed by atoms with E-state index in [-0.39, 0.29) is 19.5 Å². The van der Waals surface area contributed by atoms with Gasteiger partial charge in [0.2, 0.25) is 10.0 Å². The Morgan fingerprint density at radius 3 is 2.37 bits per heavy atom. The Hall–Kier alpha value is -1.35. The van der Waals surface area contributed by atoms with Crippen molar-refractivity contribution < 1.29 is 23.1 Å². The molecular weight excluding hydrogens is 274 g/mol. The van der Waals surface area contributed by atoms with Gasteiger partial charge in [0.05, 0.1) is 12.7 Å². The minimum Gasteiger partial charge on any atom is -0.481 e. The molecule has 0 heterocycles. The highest BCUT2D eigenvalue weighted by atomic mass is 32.2. The fourth-order valence-electron chi connectivity index (χ4n) is 1.43. The van der Waals surface area contributed by atoms with Crippen LogP contribution in [0, 0.1) is 0 Å². The van der Waals surface area contributed by atoms with Crippen LogP contribution in [-0.4, -0.2) is 50.9 Å². The summed E-state index contributed by atoms with van der Waals surface area (Å²) in [5.41, 5.74) is 0. The highest BCUT2D eigenvalue weighted by Gasteiger charge is 2.14. The number of carboxylic acids is 1. The van der Waals surface area contributed by atoms with Gasteiger partial charge in [-0.05, 0) is 6.42 Å². The molecule has 1 atom stereocenters. The normalized spacial score (nSPS) is 12.7. The molecule has 9 heteroatoms. The third-order valence-electron chi connectivity index (χ3n) is 2.17. The van der Waals surface area contributed by atoms with E-state index in [0.29, 0.717) is 6.42 Å². The van der Waals surface area contributed by atoms with Crippen molar-refractivity contribution in [2.75, 3.05) is 19.3 Å². The lowest BCUT2D eigenvalue weighted by molar-refractivity contribution is -0.137. The van der Waals surface area contributed by atoms with Crippen LogP contribution in [-0.2, 0) is 14.8 Å². The van der Waals surface area contributed by atoms with Crippen molar-refractivity contribution in [3.05, 3.63) is 0 Å². The van der Waals surface area contributed by atoms with E-state index in [1.807, 2.05) is 6.92 Å². The summed E-state index contributed by atoms with van der Waals surface area (Å²) < 4.78 is 23.7. The number of urea groups is 1. The van der Waals surface area contributed by atoms with Crippen LogP contribution in [0.1, 0.15) is 26.2 Å². The second-order valence-corrected chi connectivity index (χ2v) is 5.98. The summed E-state index contributed by atoms with van der Waals surface area (Å²) in [6, 6.07) is -0.930. The highest BCUT2D eigenvalue weighted by Crippen LogP contribution is 2.01. The molecule has 0 fully saturated rings. The molecule has 0 saturated heterocycles. The second kappa shape index (κ2) is 8.70. The van der Waals surface area contributed by atoms with Crippen LogP contribution in [0.4, 0.5) is 4.79 Å². The fraction of sp³-hybridized carbons (Fsp3) is 0.800. The van der Waals surface area contributed by atoms with E-state index >= 15 is 0 Å². The van der Waals surface area contributed by atoms with Gasteiger partial charge >= 0.3 is 12.0 Å². The van der Waals surface area contributed by atoms with Gasteiger partial charge in [-0.25, -0.2) is 17.9 Å². The standard InChI is InChI=1S/C10H21N3O5S/c1-3-4-8(7-9(14)15)13-10(16)11-5-6-12-19(2,17)18/h8,12H,3-7H2,1-2H3,(H,14,15)(H2,11,13,16). The van der Waals surface area contributed by atoms with Crippen LogP contribution >= 0.6 is 0 Å². The van der Waals surface area contributed by atoms with Gasteiger partial charge in [-0.15, -0.1) is 0 Å². The zero-order valence-electron chi connectivity index (χ0n) is 11.1. The summed E-state index contributed by atoms with van der Waals surface area (Å²) in [7, 11) is -3.27. The third kappa shape index (κ3) is 11.5. The SMILES string of the molecule is CCCC(CC(=O)O)NC(=O)NCCNS(C)(=O)=O. The van der Waals surface area contributed by atoms with Gasteiger partial charge in [-0.1, -0.05) is 13.3 Å². The van der Waals surface area contributed by atoms with Crippen LogP contribution in [0.25, 0.3) is 0 Å². The summed E-state index contributed by atoms with van der Waals surface area (Å²) in [6.07, 6.45) is 2.22. The molecule has 1 unspecified atom stereocenters. The molecule has 19 heavy (non-hydrogen) atoms. The zero-order valence-corrected chi connectivity index (χ0v) is 11.9. The molecule has 0 spiro atoms. The third-order valence-corrected chi connectivity index (χ3v) is 2.90. The van der Waals surface area contributed by atoms with Gasteiger partial charge < -0.3 is 15.7 Å². The summed E-state index contributed by atoms with van der Waals surface area (Å²) in [4.78, 5) is 22.0. The number of hydrogen-bond donors (Lipinski definition) is 4. The molecule has 4 N–H and O–H groups in total. The summed E-state index contributed by atoms with van der Waals surface area (Å²) >= 11 is 0. The van der Waals surface area contributed by atoms with Crippen molar-refractivity contribution >= 4 is 22.0 Å². The molecule has 0 aliphatic carbocycles. The number of sulfonamides is 1. The maximum atomic E-state index is 11.4. The molecule has 0 aliphatic heterocycles. The van der Waals surface area contributed by atoms with Crippen LogP contribution in [0.5, 0.6) is 0 Å². The number of nitrogens with one attached hydrogen (secondary N) is 3. The number of hydrogen-bond acceptors (Lipinski definition) is 4. The second-order valence-electron chi connectivity index (χ2n) is 4.15. The lowest BCUT2D eigenvalue weighted by Crippen LogP contribution is -2.45. The molecule has 0 radical (unpaired) electrons. The monoisotopic (exact) mass is 295 g/mol. The zero-order chi connectivity index (χ0) is 14.9. The van der Waals surface area contributed by atoms with Crippen LogP contribution in [0.2, 0.25) is 0 Å². The van der Waals surface area contributed by atoms with E-state index in [1.54, 1.807) is 0 Å². The van der Waals surface area contributed by atoms with Gasteiger partial charge in [0.15, 0.2) is 0 Å². The first-order valence-corrected chi connectivity index (χ1v) is 7.84. The fourth-order valence-corrected chi connectivity index (χ4v) is 1.91. The number of rotatable bonds is 9. The molecule has 112 valence electrons. The number of carbonyl (C=O) groups excluding carboxylic acids is 1. The van der Waals surface area contributed by atoms with E-state index in [4.69, 9.17) is 5.11 Å². The molecular formula is C10H21N3O5S.